The van der Waals surface area contributed by atoms with Crippen LogP contribution in [-0.2, 0) is 17.5 Å². The number of allylic oxidation sites excluding steroid dienone is 2. The molecule has 4 nitrogen and oxygen atoms in total. The number of carbonyl (C=O) groups is 1. The highest BCUT2D eigenvalue weighted by molar-refractivity contribution is 5.96. The van der Waals surface area contributed by atoms with Crippen molar-refractivity contribution in [1.82, 2.24) is 5.32 Å². The van der Waals surface area contributed by atoms with E-state index in [1.54, 1.807) is 37.3 Å². The Hall–Kier alpha value is -3.22. The maximum atomic E-state index is 12.6. The van der Waals surface area contributed by atoms with Crippen molar-refractivity contribution in [1.29, 1.82) is 0 Å². The molecule has 0 saturated carbocycles. The van der Waals surface area contributed by atoms with Gasteiger partial charge in [-0.2, -0.15) is 13.2 Å². The molecule has 7 heteroatoms. The fourth-order valence-electron chi connectivity index (χ4n) is 2.47. The molecule has 3 N–H and O–H groups in total. The van der Waals surface area contributed by atoms with E-state index in [4.69, 9.17) is 10.5 Å². The Kier molecular flexibility index (Phi) is 7.47. The van der Waals surface area contributed by atoms with Crippen LogP contribution in [-0.4, -0.2) is 5.91 Å². The van der Waals surface area contributed by atoms with Gasteiger partial charge >= 0.3 is 6.18 Å². The Labute approximate surface area is 167 Å². The van der Waals surface area contributed by atoms with Gasteiger partial charge in [-0.05, 0) is 55.3 Å². The van der Waals surface area contributed by atoms with Crippen molar-refractivity contribution in [2.24, 2.45) is 5.73 Å². The summed E-state index contributed by atoms with van der Waals surface area (Å²) in [7, 11) is 0. The summed E-state index contributed by atoms with van der Waals surface area (Å²) in [6.07, 6.45) is -0.0653. The van der Waals surface area contributed by atoms with Gasteiger partial charge in [0.25, 0.3) is 5.91 Å². The number of alkyl halides is 3. The lowest BCUT2D eigenvalue weighted by molar-refractivity contribution is -0.137. The molecule has 154 valence electrons. The van der Waals surface area contributed by atoms with E-state index in [0.29, 0.717) is 17.0 Å². The van der Waals surface area contributed by atoms with Crippen LogP contribution in [0.3, 0.4) is 0 Å². The van der Waals surface area contributed by atoms with Crippen LogP contribution in [0.5, 0.6) is 11.5 Å². The molecule has 0 spiro atoms. The molecular formula is C22H23F3N2O2. The summed E-state index contributed by atoms with van der Waals surface area (Å²) < 4.78 is 43.5. The third-order valence-electron chi connectivity index (χ3n) is 3.96. The van der Waals surface area contributed by atoms with Gasteiger partial charge in [0.15, 0.2) is 0 Å². The van der Waals surface area contributed by atoms with Crippen molar-refractivity contribution in [3.05, 3.63) is 83.1 Å². The molecule has 0 atom stereocenters. The van der Waals surface area contributed by atoms with Gasteiger partial charge in [0.05, 0.1) is 11.1 Å². The van der Waals surface area contributed by atoms with Crippen LogP contribution in [0.25, 0.3) is 0 Å². The number of hydrogen-bond donors (Lipinski definition) is 2. The monoisotopic (exact) mass is 404 g/mol. The fraction of sp³-hybridized carbons (Fsp3) is 0.227. The molecule has 0 bridgehead atoms. The molecule has 0 aromatic heterocycles. The van der Waals surface area contributed by atoms with E-state index in [1.807, 2.05) is 13.0 Å². The van der Waals surface area contributed by atoms with E-state index < -0.39 is 11.7 Å². The molecule has 0 aliphatic heterocycles. The zero-order valence-corrected chi connectivity index (χ0v) is 16.2. The molecule has 0 heterocycles. The van der Waals surface area contributed by atoms with Gasteiger partial charge in [0.2, 0.25) is 0 Å². The van der Waals surface area contributed by atoms with Crippen LogP contribution in [0, 0.1) is 0 Å². The van der Waals surface area contributed by atoms with Crippen molar-refractivity contribution >= 4 is 5.91 Å². The molecule has 0 unspecified atom stereocenters. The maximum absolute atomic E-state index is 12.6. The Morgan fingerprint density at radius 1 is 1.14 bits per heavy atom. The van der Waals surface area contributed by atoms with Gasteiger partial charge in [-0.25, -0.2) is 0 Å². The van der Waals surface area contributed by atoms with Crippen LogP contribution in [0.2, 0.25) is 0 Å². The van der Waals surface area contributed by atoms with Gasteiger partial charge in [-0.1, -0.05) is 31.2 Å². The van der Waals surface area contributed by atoms with Gasteiger partial charge < -0.3 is 15.8 Å². The third-order valence-corrected chi connectivity index (χ3v) is 3.96. The number of amides is 1. The van der Waals surface area contributed by atoms with Crippen molar-refractivity contribution in [3.63, 3.8) is 0 Å². The number of rotatable bonds is 7. The first-order valence-electron chi connectivity index (χ1n) is 9.06. The molecule has 29 heavy (non-hydrogen) atoms. The minimum Gasteiger partial charge on any atom is -0.457 e. The summed E-state index contributed by atoms with van der Waals surface area (Å²) in [4.78, 5) is 12.3. The summed E-state index contributed by atoms with van der Waals surface area (Å²) in [5.74, 6) is 0.449. The summed E-state index contributed by atoms with van der Waals surface area (Å²) in [6.45, 7) is 3.87. The van der Waals surface area contributed by atoms with Crippen LogP contribution in [0.15, 0.2) is 72.0 Å². The highest BCUT2D eigenvalue weighted by Crippen LogP contribution is 2.31. The fourth-order valence-corrected chi connectivity index (χ4v) is 2.47. The first-order chi connectivity index (χ1) is 13.7. The summed E-state index contributed by atoms with van der Waals surface area (Å²) in [5.41, 5.74) is 6.64. The minimum atomic E-state index is -4.39. The summed E-state index contributed by atoms with van der Waals surface area (Å²) in [6, 6.07) is 11.4. The molecule has 0 fully saturated rings. The molecule has 0 saturated heterocycles. The Morgan fingerprint density at radius 2 is 1.83 bits per heavy atom. The quantitative estimate of drug-likeness (QED) is 0.485. The maximum Gasteiger partial charge on any atom is 0.416 e. The number of halogens is 3. The van der Waals surface area contributed by atoms with Gasteiger partial charge in [-0.3, -0.25) is 4.79 Å². The topological polar surface area (TPSA) is 64.3 Å². The molecular weight excluding hydrogens is 381 g/mol. The van der Waals surface area contributed by atoms with E-state index in [0.717, 1.165) is 24.1 Å². The summed E-state index contributed by atoms with van der Waals surface area (Å²) in [5, 5.41) is 2.80. The molecule has 0 radical (unpaired) electrons. The SMILES string of the molecule is CC/C=C\C(C(=O)NCc1cccc(Oc2ccc(C(F)(F)F)cc2)c1)=C(/C)N. The Morgan fingerprint density at radius 3 is 2.41 bits per heavy atom. The molecule has 0 aliphatic carbocycles. The second-order valence-electron chi connectivity index (χ2n) is 6.36. The van der Waals surface area contributed by atoms with E-state index in [1.165, 1.54) is 12.1 Å². The van der Waals surface area contributed by atoms with E-state index in [-0.39, 0.29) is 18.2 Å². The Balaban J connectivity index is 2.03. The van der Waals surface area contributed by atoms with Crippen molar-refractivity contribution in [3.8, 4) is 11.5 Å². The first-order valence-corrected chi connectivity index (χ1v) is 9.06. The predicted octanol–water partition coefficient (Wildman–Crippen LogP) is 5.31. The van der Waals surface area contributed by atoms with Crippen LogP contribution in [0.4, 0.5) is 13.2 Å². The smallest absolute Gasteiger partial charge is 0.416 e. The van der Waals surface area contributed by atoms with Crippen LogP contribution >= 0.6 is 0 Å². The second-order valence-corrected chi connectivity index (χ2v) is 6.36. The third kappa shape index (κ3) is 6.71. The lowest BCUT2D eigenvalue weighted by atomic mass is 10.1. The molecule has 2 aromatic rings. The van der Waals surface area contributed by atoms with Crippen LogP contribution in [0.1, 0.15) is 31.4 Å². The highest BCUT2D eigenvalue weighted by Gasteiger charge is 2.30. The molecule has 2 aromatic carbocycles. The average Bonchev–Trinajstić information content (AvgIpc) is 2.66. The van der Waals surface area contributed by atoms with Gasteiger partial charge in [0, 0.05) is 12.2 Å². The summed E-state index contributed by atoms with van der Waals surface area (Å²) >= 11 is 0. The number of ether oxygens (including phenoxy) is 1. The number of benzene rings is 2. The largest absolute Gasteiger partial charge is 0.457 e. The van der Waals surface area contributed by atoms with Crippen molar-refractivity contribution < 1.29 is 22.7 Å². The Bertz CT molecular complexity index is 897. The normalized spacial score (nSPS) is 12.6. The van der Waals surface area contributed by atoms with E-state index in [2.05, 4.69) is 5.32 Å². The number of carbonyl (C=O) groups excluding carboxylic acids is 1. The number of nitrogens with one attached hydrogen (secondary N) is 1. The minimum absolute atomic E-state index is 0.250. The second kappa shape index (κ2) is 9.82. The lowest BCUT2D eigenvalue weighted by Crippen LogP contribution is -2.25. The van der Waals surface area contributed by atoms with Crippen molar-refractivity contribution in [2.75, 3.05) is 0 Å². The van der Waals surface area contributed by atoms with E-state index in [9.17, 15) is 18.0 Å². The molecule has 2 rings (SSSR count). The van der Waals surface area contributed by atoms with Crippen molar-refractivity contribution in [2.45, 2.75) is 33.0 Å². The average molecular weight is 404 g/mol. The van der Waals surface area contributed by atoms with Gasteiger partial charge in [0.1, 0.15) is 11.5 Å². The van der Waals surface area contributed by atoms with Crippen LogP contribution < -0.4 is 15.8 Å². The number of nitrogens with two attached hydrogens (primary N) is 1. The first kappa shape index (κ1) is 22.1. The van der Waals surface area contributed by atoms with E-state index >= 15 is 0 Å². The van der Waals surface area contributed by atoms with Gasteiger partial charge in [-0.15, -0.1) is 0 Å². The standard InChI is InChI=1S/C22H23F3N2O2/c1-3-4-8-20(15(2)26)21(28)27-14-16-6-5-7-19(13-16)29-18-11-9-17(10-12-18)22(23,24)25/h4-13H,3,14,26H2,1-2H3,(H,27,28)/b8-4-,20-15-. The zero-order valence-electron chi connectivity index (χ0n) is 16.2. The zero-order chi connectivity index (χ0) is 21.4. The molecule has 1 amide bonds. The highest BCUT2D eigenvalue weighted by atomic mass is 19.4. The number of hydrogen-bond acceptors (Lipinski definition) is 3. The lowest BCUT2D eigenvalue weighted by Gasteiger charge is -2.11. The molecule has 0 aliphatic rings. The predicted molar refractivity (Wildman–Crippen MR) is 106 cm³/mol.